The number of aliphatic hydroxyl groups is 1. The zero-order valence-electron chi connectivity index (χ0n) is 23.0. The molecule has 2 heterocycles. The average molecular weight is 589 g/mol. The Labute approximate surface area is 242 Å². The van der Waals surface area contributed by atoms with Crippen LogP contribution < -0.4 is 25.0 Å². The summed E-state index contributed by atoms with van der Waals surface area (Å²) in [5, 5.41) is 24.7. The Morgan fingerprint density at radius 3 is 2.67 bits per heavy atom. The molecule has 0 bridgehead atoms. The fourth-order valence-corrected chi connectivity index (χ4v) is 7.30. The van der Waals surface area contributed by atoms with Gasteiger partial charge in [-0.15, -0.1) is 22.1 Å². The van der Waals surface area contributed by atoms with Crippen LogP contribution in [-0.2, 0) is 13.0 Å². The van der Waals surface area contributed by atoms with E-state index < -0.39 is 22.9 Å². The number of hydrogen-bond acceptors (Lipinski definition) is 9. The molecule has 0 radical (unpaired) electrons. The molecule has 2 unspecified atom stereocenters. The molecule has 1 saturated heterocycles. The van der Waals surface area contributed by atoms with Crippen LogP contribution in [-0.4, -0.2) is 64.8 Å². The molecule has 1 aromatic heterocycles. The van der Waals surface area contributed by atoms with E-state index in [1.54, 1.807) is 34.9 Å². The molecular weight excluding hydrogens is 548 g/mol. The molecule has 1 aliphatic rings. The van der Waals surface area contributed by atoms with Crippen LogP contribution in [0.3, 0.4) is 0 Å². The third kappa shape index (κ3) is 7.90. The largest absolute Gasteiger partial charge is 0.496 e. The summed E-state index contributed by atoms with van der Waals surface area (Å²) in [4.78, 5) is 13.6. The summed E-state index contributed by atoms with van der Waals surface area (Å²) in [5.41, 5.74) is 3.71. The van der Waals surface area contributed by atoms with Crippen molar-refractivity contribution in [3.05, 3.63) is 76.0 Å². The molecule has 2 atom stereocenters. The highest BCUT2D eigenvalue weighted by Gasteiger charge is 2.28. The topological polar surface area (TPSA) is 126 Å². The predicted octanol–water partition coefficient (Wildman–Crippen LogP) is 4.95. The molecule has 11 heteroatoms. The number of carbonyl (C=O) groups excluding carboxylic acids is 1. The highest BCUT2D eigenvalue weighted by atomic mass is 32.3. The molecule has 1 fully saturated rings. The highest BCUT2D eigenvalue weighted by molar-refractivity contribution is 8.25. The van der Waals surface area contributed by atoms with Gasteiger partial charge in [-0.05, 0) is 55.3 Å². The number of ether oxygens (including phenoxy) is 1. The van der Waals surface area contributed by atoms with Crippen LogP contribution in [0.1, 0.15) is 41.3 Å². The van der Waals surface area contributed by atoms with E-state index in [0.29, 0.717) is 43.1 Å². The number of rotatable bonds is 13. The lowest BCUT2D eigenvalue weighted by molar-refractivity contribution is 0.0830. The Bertz CT molecular complexity index is 1240. The Balaban J connectivity index is 1.53. The number of benzene rings is 2. The quantitative estimate of drug-likeness (QED) is 0.166. The monoisotopic (exact) mass is 588 g/mol. The molecule has 9 nitrogen and oxygen atoms in total. The van der Waals surface area contributed by atoms with E-state index >= 15 is 0 Å². The van der Waals surface area contributed by atoms with Crippen molar-refractivity contribution in [2.24, 2.45) is 0 Å². The lowest BCUT2D eigenvalue weighted by Gasteiger charge is -2.47. The molecule has 3 aromatic rings. The summed E-state index contributed by atoms with van der Waals surface area (Å²) in [7, 11) is -1.31. The first kappa shape index (κ1) is 30.2. The Hall–Kier alpha value is -2.80. The van der Waals surface area contributed by atoms with Crippen molar-refractivity contribution in [1.29, 1.82) is 0 Å². The minimum atomic E-state index is -2.94. The number of nitrogens with one attached hydrogen (secondary N) is 3. The van der Waals surface area contributed by atoms with E-state index in [4.69, 9.17) is 4.74 Å². The molecule has 2 aromatic carbocycles. The first-order chi connectivity index (χ1) is 19.3. The Morgan fingerprint density at radius 2 is 1.95 bits per heavy atom. The predicted molar refractivity (Wildman–Crippen MR) is 165 cm³/mol. The summed E-state index contributed by atoms with van der Waals surface area (Å²) < 4.78 is 28.4. The number of carbonyl (C=O) groups is 1. The van der Waals surface area contributed by atoms with Crippen LogP contribution in [0.2, 0.25) is 0 Å². The van der Waals surface area contributed by atoms with Gasteiger partial charge >= 0.3 is 0 Å². The normalized spacial score (nSPS) is 17.1. The van der Waals surface area contributed by atoms with Crippen LogP contribution in [0, 0.1) is 0 Å². The van der Waals surface area contributed by atoms with Gasteiger partial charge in [0.05, 0.1) is 30.7 Å². The van der Waals surface area contributed by atoms with Crippen molar-refractivity contribution in [2.75, 3.05) is 42.1 Å². The zero-order valence-corrected chi connectivity index (χ0v) is 24.6. The summed E-state index contributed by atoms with van der Waals surface area (Å²) >= 11 is 1.56. The molecule has 4 rings (SSSR count). The van der Waals surface area contributed by atoms with Gasteiger partial charge < -0.3 is 25.8 Å². The average Bonchev–Trinajstić information content (AvgIpc) is 3.40. The van der Waals surface area contributed by atoms with E-state index in [2.05, 4.69) is 16.0 Å². The Kier molecular flexibility index (Phi) is 10.7. The number of thiophene rings is 1. The Morgan fingerprint density at radius 1 is 1.15 bits per heavy atom. The second-order valence-corrected chi connectivity index (χ2v) is 12.7. The smallest absolute Gasteiger partial charge is 0.251 e. The van der Waals surface area contributed by atoms with Crippen LogP contribution in [0.25, 0.3) is 0 Å². The molecule has 0 saturated carbocycles. The van der Waals surface area contributed by atoms with Gasteiger partial charge in [0.2, 0.25) is 0 Å². The maximum absolute atomic E-state index is 13.6. The van der Waals surface area contributed by atoms with Crippen molar-refractivity contribution in [2.45, 2.75) is 44.9 Å². The van der Waals surface area contributed by atoms with E-state index in [0.717, 1.165) is 35.4 Å². The molecule has 0 aliphatic carbocycles. The second-order valence-electron chi connectivity index (χ2n) is 9.88. The molecule has 1 aliphatic heterocycles. The van der Waals surface area contributed by atoms with Crippen LogP contribution in [0.5, 0.6) is 5.75 Å². The minimum Gasteiger partial charge on any atom is -0.496 e. The van der Waals surface area contributed by atoms with E-state index in [9.17, 15) is 19.0 Å². The maximum atomic E-state index is 13.6. The van der Waals surface area contributed by atoms with Gasteiger partial charge in [0.25, 0.3) is 5.91 Å². The molecule has 1 amide bonds. The molecular formula is C29H40N4O5S2. The van der Waals surface area contributed by atoms with Crippen molar-refractivity contribution in [1.82, 2.24) is 10.6 Å². The molecule has 218 valence electrons. The summed E-state index contributed by atoms with van der Waals surface area (Å²) in [6.07, 6.45) is 1.19. The van der Waals surface area contributed by atoms with Crippen molar-refractivity contribution in [3.63, 3.8) is 0 Å². The number of amides is 1. The first-order valence-electron chi connectivity index (χ1n) is 13.6. The third-order valence-corrected chi connectivity index (χ3v) is 9.61. The van der Waals surface area contributed by atoms with Crippen LogP contribution >= 0.6 is 22.1 Å². The SMILES string of the molecule is CCNc1cc(C(=O)NC(Cc2ccccc2)C(O)CNCc2cscc2OC)cc(N2CCCCS2(O)O)c1. The summed E-state index contributed by atoms with van der Waals surface area (Å²) in [5.74, 6) is 0.784. The number of aliphatic hydroxyl groups excluding tert-OH is 1. The highest BCUT2D eigenvalue weighted by Crippen LogP contribution is 2.50. The van der Waals surface area contributed by atoms with Gasteiger partial charge in [0.1, 0.15) is 5.75 Å². The number of hydrogen-bond donors (Lipinski definition) is 6. The molecule has 0 spiro atoms. The summed E-state index contributed by atoms with van der Waals surface area (Å²) in [6, 6.07) is 14.5. The number of nitrogens with zero attached hydrogens (tertiary/aromatic N) is 1. The van der Waals surface area contributed by atoms with Gasteiger partial charge in [0.15, 0.2) is 0 Å². The first-order valence-corrected chi connectivity index (χ1v) is 16.2. The lowest BCUT2D eigenvalue weighted by Crippen LogP contribution is -2.48. The fraction of sp³-hybridized carbons (Fsp3) is 0.414. The maximum Gasteiger partial charge on any atom is 0.251 e. The minimum absolute atomic E-state index is 0.272. The van der Waals surface area contributed by atoms with E-state index in [1.165, 1.54) is 0 Å². The van der Waals surface area contributed by atoms with Crippen LogP contribution in [0.4, 0.5) is 11.4 Å². The summed E-state index contributed by atoms with van der Waals surface area (Å²) in [6.45, 7) is 3.93. The van der Waals surface area contributed by atoms with Gasteiger partial charge in [0, 0.05) is 48.4 Å². The van der Waals surface area contributed by atoms with E-state index in [1.807, 2.05) is 54.1 Å². The van der Waals surface area contributed by atoms with Gasteiger partial charge in [-0.1, -0.05) is 30.3 Å². The fourth-order valence-electron chi connectivity index (χ4n) is 4.82. The van der Waals surface area contributed by atoms with Gasteiger partial charge in [-0.2, -0.15) is 0 Å². The molecule has 6 N–H and O–H groups in total. The van der Waals surface area contributed by atoms with E-state index in [-0.39, 0.29) is 12.5 Å². The molecule has 40 heavy (non-hydrogen) atoms. The third-order valence-electron chi connectivity index (χ3n) is 6.90. The van der Waals surface area contributed by atoms with Crippen molar-refractivity contribution >= 4 is 39.4 Å². The van der Waals surface area contributed by atoms with Gasteiger partial charge in [-0.25, -0.2) is 0 Å². The standard InChI is InChI=1S/C29H40N4O5S2/c1-3-31-24-14-22(15-25(16-24)33-11-7-8-12-40(33,36)37)29(35)32-26(13-21-9-5-4-6-10-21)27(34)18-30-17-23-19-39-20-28(23)38-2/h4-6,9-10,14-16,19-20,26-27,30-31,34,36-37H,3,7-8,11-13,17-18H2,1-2H3,(H,32,35). The second kappa shape index (κ2) is 14.2. The van der Waals surface area contributed by atoms with Gasteiger partial charge in [-0.3, -0.25) is 18.2 Å². The lowest BCUT2D eigenvalue weighted by atomic mass is 10.00. The number of anilines is 2. The zero-order chi connectivity index (χ0) is 28.5. The van der Waals surface area contributed by atoms with Crippen LogP contribution in [0.15, 0.2) is 59.3 Å². The number of methoxy groups -OCH3 is 1. The van der Waals surface area contributed by atoms with Crippen molar-refractivity contribution in [3.8, 4) is 5.75 Å². The van der Waals surface area contributed by atoms with Crippen molar-refractivity contribution < 1.29 is 23.7 Å².